The van der Waals surface area contributed by atoms with Gasteiger partial charge >= 0.3 is 0 Å². The first kappa shape index (κ1) is 16.7. The number of rotatable bonds is 5. The molecule has 0 aromatic heterocycles. The van der Waals surface area contributed by atoms with Crippen LogP contribution in [0.4, 0.5) is 0 Å². The Morgan fingerprint density at radius 3 is 2.64 bits per heavy atom. The number of hydrogen-bond acceptors (Lipinski definition) is 2. The predicted molar refractivity (Wildman–Crippen MR) is 89.8 cm³/mol. The van der Waals surface area contributed by atoms with E-state index in [-0.39, 0.29) is 12.0 Å². The molecular weight excluding hydrogens is 321 g/mol. The van der Waals surface area contributed by atoms with Crippen LogP contribution in [0.15, 0.2) is 42.5 Å². The molecule has 0 spiro atoms. The Balaban J connectivity index is 2.02. The Kier molecular flexibility index (Phi) is 5.69. The van der Waals surface area contributed by atoms with Crippen LogP contribution in [0, 0.1) is 0 Å². The SMILES string of the molecule is CC(C)Oc1cccc(CNC(=O)c2ccc(Cl)cc2Cl)c1. The summed E-state index contributed by atoms with van der Waals surface area (Å²) in [7, 11) is 0. The fourth-order valence-electron chi connectivity index (χ4n) is 1.95. The molecule has 0 aliphatic heterocycles. The van der Waals surface area contributed by atoms with Gasteiger partial charge in [0.2, 0.25) is 0 Å². The normalized spacial score (nSPS) is 10.6. The van der Waals surface area contributed by atoms with Crippen molar-refractivity contribution in [1.29, 1.82) is 0 Å². The van der Waals surface area contributed by atoms with Gasteiger partial charge in [0.15, 0.2) is 0 Å². The number of hydrogen-bond donors (Lipinski definition) is 1. The molecule has 3 nitrogen and oxygen atoms in total. The van der Waals surface area contributed by atoms with Gasteiger partial charge < -0.3 is 10.1 Å². The van der Waals surface area contributed by atoms with Crippen molar-refractivity contribution in [2.75, 3.05) is 0 Å². The molecule has 1 amide bonds. The zero-order valence-corrected chi connectivity index (χ0v) is 13.9. The lowest BCUT2D eigenvalue weighted by Crippen LogP contribution is -2.23. The van der Waals surface area contributed by atoms with Crippen molar-refractivity contribution in [1.82, 2.24) is 5.32 Å². The molecule has 2 aromatic carbocycles. The average molecular weight is 338 g/mol. The van der Waals surface area contributed by atoms with Gasteiger partial charge in [-0.2, -0.15) is 0 Å². The first-order valence-electron chi connectivity index (χ1n) is 6.94. The zero-order chi connectivity index (χ0) is 16.1. The molecule has 0 aliphatic carbocycles. The van der Waals surface area contributed by atoms with Crippen LogP contribution in [0.2, 0.25) is 10.0 Å². The highest BCUT2D eigenvalue weighted by Crippen LogP contribution is 2.21. The Morgan fingerprint density at radius 1 is 1.18 bits per heavy atom. The second-order valence-corrected chi connectivity index (χ2v) is 5.96. The summed E-state index contributed by atoms with van der Waals surface area (Å²) in [6.45, 7) is 4.33. The fourth-order valence-corrected chi connectivity index (χ4v) is 2.45. The molecule has 0 saturated carbocycles. The third-order valence-corrected chi connectivity index (χ3v) is 3.45. The molecule has 2 rings (SSSR count). The van der Waals surface area contributed by atoms with Crippen molar-refractivity contribution in [2.24, 2.45) is 0 Å². The lowest BCUT2D eigenvalue weighted by atomic mass is 10.2. The number of benzene rings is 2. The highest BCUT2D eigenvalue weighted by atomic mass is 35.5. The minimum Gasteiger partial charge on any atom is -0.491 e. The van der Waals surface area contributed by atoms with Gasteiger partial charge in [0.25, 0.3) is 5.91 Å². The molecule has 1 N–H and O–H groups in total. The maximum atomic E-state index is 12.1. The zero-order valence-electron chi connectivity index (χ0n) is 12.4. The smallest absolute Gasteiger partial charge is 0.253 e. The molecule has 2 aromatic rings. The summed E-state index contributed by atoms with van der Waals surface area (Å²) in [6, 6.07) is 12.4. The summed E-state index contributed by atoms with van der Waals surface area (Å²) < 4.78 is 5.63. The molecular formula is C17H17Cl2NO2. The number of halogens is 2. The molecule has 0 atom stereocenters. The molecule has 0 heterocycles. The standard InChI is InChI=1S/C17H17Cl2NO2/c1-11(2)22-14-5-3-4-12(8-14)10-20-17(21)15-7-6-13(18)9-16(15)19/h3-9,11H,10H2,1-2H3,(H,20,21). The van der Waals surface area contributed by atoms with Gasteiger partial charge in [0.05, 0.1) is 16.7 Å². The third-order valence-electron chi connectivity index (χ3n) is 2.90. The summed E-state index contributed by atoms with van der Waals surface area (Å²) in [5, 5.41) is 3.67. The predicted octanol–water partition coefficient (Wildman–Crippen LogP) is 4.71. The van der Waals surface area contributed by atoms with Gasteiger partial charge in [-0.25, -0.2) is 0 Å². The van der Waals surface area contributed by atoms with E-state index >= 15 is 0 Å². The van der Waals surface area contributed by atoms with E-state index in [0.29, 0.717) is 22.2 Å². The number of nitrogens with one attached hydrogen (secondary N) is 1. The monoisotopic (exact) mass is 337 g/mol. The topological polar surface area (TPSA) is 38.3 Å². The first-order chi connectivity index (χ1) is 10.5. The second-order valence-electron chi connectivity index (χ2n) is 5.12. The second kappa shape index (κ2) is 7.52. The van der Waals surface area contributed by atoms with Crippen molar-refractivity contribution in [3.63, 3.8) is 0 Å². The van der Waals surface area contributed by atoms with E-state index in [1.54, 1.807) is 18.2 Å². The van der Waals surface area contributed by atoms with E-state index in [2.05, 4.69) is 5.32 Å². The molecule has 0 fully saturated rings. The molecule has 116 valence electrons. The van der Waals surface area contributed by atoms with Crippen LogP contribution < -0.4 is 10.1 Å². The Hall–Kier alpha value is -1.71. The summed E-state index contributed by atoms with van der Waals surface area (Å²) >= 11 is 11.8. The van der Waals surface area contributed by atoms with Crippen molar-refractivity contribution in [3.05, 3.63) is 63.6 Å². The van der Waals surface area contributed by atoms with E-state index in [1.165, 1.54) is 0 Å². The van der Waals surface area contributed by atoms with E-state index in [1.807, 2.05) is 38.1 Å². The Labute approximate surface area is 140 Å². The molecule has 0 saturated heterocycles. The van der Waals surface area contributed by atoms with Gasteiger partial charge in [-0.3, -0.25) is 4.79 Å². The summed E-state index contributed by atoms with van der Waals surface area (Å²) in [6.07, 6.45) is 0.109. The summed E-state index contributed by atoms with van der Waals surface area (Å²) in [5.74, 6) is 0.545. The maximum Gasteiger partial charge on any atom is 0.253 e. The Bertz CT molecular complexity index is 671. The third kappa shape index (κ3) is 4.65. The van der Waals surface area contributed by atoms with Crippen LogP contribution in [-0.4, -0.2) is 12.0 Å². The lowest BCUT2D eigenvalue weighted by Gasteiger charge is -2.11. The molecule has 0 bridgehead atoms. The molecule has 0 unspecified atom stereocenters. The highest BCUT2D eigenvalue weighted by molar-refractivity contribution is 6.36. The van der Waals surface area contributed by atoms with Crippen LogP contribution in [-0.2, 0) is 6.54 Å². The maximum absolute atomic E-state index is 12.1. The van der Waals surface area contributed by atoms with Gasteiger partial charge in [-0.1, -0.05) is 35.3 Å². The van der Waals surface area contributed by atoms with Crippen molar-refractivity contribution in [3.8, 4) is 5.75 Å². The number of carbonyl (C=O) groups excluding carboxylic acids is 1. The molecule has 0 aliphatic rings. The number of ether oxygens (including phenoxy) is 1. The van der Waals surface area contributed by atoms with E-state index in [0.717, 1.165) is 11.3 Å². The van der Waals surface area contributed by atoms with Crippen molar-refractivity contribution in [2.45, 2.75) is 26.5 Å². The minimum atomic E-state index is -0.239. The van der Waals surface area contributed by atoms with E-state index in [4.69, 9.17) is 27.9 Å². The van der Waals surface area contributed by atoms with Gasteiger partial charge in [0, 0.05) is 11.6 Å². The molecule has 0 radical (unpaired) electrons. The van der Waals surface area contributed by atoms with Crippen LogP contribution in [0.3, 0.4) is 0 Å². The molecule has 5 heteroatoms. The minimum absolute atomic E-state index is 0.109. The lowest BCUT2D eigenvalue weighted by molar-refractivity contribution is 0.0951. The van der Waals surface area contributed by atoms with Crippen LogP contribution in [0.5, 0.6) is 5.75 Å². The molecule has 22 heavy (non-hydrogen) atoms. The fraction of sp³-hybridized carbons (Fsp3) is 0.235. The van der Waals surface area contributed by atoms with Gasteiger partial charge in [-0.05, 0) is 49.7 Å². The van der Waals surface area contributed by atoms with Crippen LogP contribution in [0.25, 0.3) is 0 Å². The quantitative estimate of drug-likeness (QED) is 0.857. The largest absolute Gasteiger partial charge is 0.491 e. The van der Waals surface area contributed by atoms with Gasteiger partial charge in [-0.15, -0.1) is 0 Å². The van der Waals surface area contributed by atoms with Crippen molar-refractivity contribution < 1.29 is 9.53 Å². The summed E-state index contributed by atoms with van der Waals surface area (Å²) in [4.78, 5) is 12.1. The van der Waals surface area contributed by atoms with E-state index in [9.17, 15) is 4.79 Å². The van der Waals surface area contributed by atoms with Crippen LogP contribution in [0.1, 0.15) is 29.8 Å². The van der Waals surface area contributed by atoms with Gasteiger partial charge in [0.1, 0.15) is 5.75 Å². The van der Waals surface area contributed by atoms with Crippen molar-refractivity contribution >= 4 is 29.1 Å². The number of carbonyl (C=O) groups is 1. The first-order valence-corrected chi connectivity index (χ1v) is 7.70. The number of amides is 1. The summed E-state index contributed by atoms with van der Waals surface area (Å²) in [5.41, 5.74) is 1.36. The average Bonchev–Trinajstić information content (AvgIpc) is 2.44. The Morgan fingerprint density at radius 2 is 1.95 bits per heavy atom. The van der Waals surface area contributed by atoms with Crippen LogP contribution >= 0.6 is 23.2 Å². The van der Waals surface area contributed by atoms with E-state index < -0.39 is 0 Å². The highest BCUT2D eigenvalue weighted by Gasteiger charge is 2.10.